The molecule has 18 heavy (non-hydrogen) atoms. The predicted octanol–water partition coefficient (Wildman–Crippen LogP) is 1.61. The van der Waals surface area contributed by atoms with Gasteiger partial charge in [-0.1, -0.05) is 35.1 Å². The first kappa shape index (κ1) is 11.1. The van der Waals surface area contributed by atoms with Crippen molar-refractivity contribution in [3.63, 3.8) is 0 Å². The molecule has 8 heteroatoms. The normalized spacial score (nSPS) is 10.9. The maximum atomic E-state index is 11.1. The maximum Gasteiger partial charge on any atom is 0.288 e. The van der Waals surface area contributed by atoms with E-state index in [2.05, 4.69) is 15.3 Å². The smallest absolute Gasteiger partial charge is 0.288 e. The van der Waals surface area contributed by atoms with Crippen molar-refractivity contribution in [1.29, 1.82) is 0 Å². The van der Waals surface area contributed by atoms with Gasteiger partial charge in [-0.15, -0.1) is 10.2 Å². The van der Waals surface area contributed by atoms with E-state index in [1.54, 1.807) is 12.1 Å². The molecule has 0 aliphatic heterocycles. The van der Waals surface area contributed by atoms with Crippen LogP contribution >= 0.6 is 22.9 Å². The van der Waals surface area contributed by atoms with Gasteiger partial charge in [0.15, 0.2) is 0 Å². The zero-order valence-electron chi connectivity index (χ0n) is 8.87. The first-order valence-corrected chi connectivity index (χ1v) is 6.12. The Balaban J connectivity index is 2.13. The van der Waals surface area contributed by atoms with Crippen LogP contribution in [0, 0.1) is 0 Å². The average molecular weight is 280 g/mol. The highest BCUT2D eigenvalue weighted by molar-refractivity contribution is 7.19. The first-order chi connectivity index (χ1) is 8.65. The van der Waals surface area contributed by atoms with Crippen LogP contribution in [0.3, 0.4) is 0 Å². The number of nitrogens with zero attached hydrogens (tertiary/aromatic N) is 4. The number of hydrogen-bond donors (Lipinski definition) is 1. The van der Waals surface area contributed by atoms with Crippen molar-refractivity contribution < 1.29 is 4.79 Å². The second-order valence-corrected chi connectivity index (χ2v) is 4.89. The summed E-state index contributed by atoms with van der Waals surface area (Å²) in [6.45, 7) is 0. The van der Waals surface area contributed by atoms with Crippen molar-refractivity contribution in [1.82, 2.24) is 19.8 Å². The molecular formula is C10H6ClN5OS. The second-order valence-electron chi connectivity index (χ2n) is 3.50. The van der Waals surface area contributed by atoms with Gasteiger partial charge in [-0.3, -0.25) is 4.79 Å². The molecular weight excluding hydrogens is 274 g/mol. The van der Waals surface area contributed by atoms with Gasteiger partial charge in [-0.25, -0.2) is 0 Å². The summed E-state index contributed by atoms with van der Waals surface area (Å²) >= 11 is 7.14. The molecule has 0 spiro atoms. The number of nitrogens with two attached hydrogens (primary N) is 1. The lowest BCUT2D eigenvalue weighted by Crippen LogP contribution is -2.15. The lowest BCUT2D eigenvalue weighted by molar-refractivity contribution is 0.0988. The average Bonchev–Trinajstić information content (AvgIpc) is 2.88. The molecule has 0 aliphatic rings. The fraction of sp³-hybridized carbons (Fsp3) is 0. The summed E-state index contributed by atoms with van der Waals surface area (Å²) in [5.41, 5.74) is 6.07. The van der Waals surface area contributed by atoms with Gasteiger partial charge in [0.1, 0.15) is 5.01 Å². The molecule has 0 saturated carbocycles. The molecule has 3 aromatic rings. The van der Waals surface area contributed by atoms with Gasteiger partial charge >= 0.3 is 0 Å². The highest BCUT2D eigenvalue weighted by Gasteiger charge is 2.16. The van der Waals surface area contributed by atoms with E-state index in [1.165, 1.54) is 15.9 Å². The minimum atomic E-state index is -0.657. The van der Waals surface area contributed by atoms with Gasteiger partial charge in [-0.2, -0.15) is 9.61 Å². The molecule has 0 unspecified atom stereocenters. The minimum Gasteiger partial charge on any atom is -0.363 e. The van der Waals surface area contributed by atoms with Gasteiger partial charge in [-0.05, 0) is 12.1 Å². The third kappa shape index (κ3) is 1.73. The van der Waals surface area contributed by atoms with E-state index in [-0.39, 0.29) is 5.82 Å². The summed E-state index contributed by atoms with van der Waals surface area (Å²) in [5.74, 6) is -0.628. The third-order valence-electron chi connectivity index (χ3n) is 2.30. The van der Waals surface area contributed by atoms with Crippen LogP contribution in [0.1, 0.15) is 10.6 Å². The minimum absolute atomic E-state index is 0.0291. The molecule has 2 N–H and O–H groups in total. The van der Waals surface area contributed by atoms with Gasteiger partial charge in [0.05, 0.1) is 0 Å². The Hall–Kier alpha value is -1.99. The van der Waals surface area contributed by atoms with Crippen molar-refractivity contribution in [3.8, 4) is 10.6 Å². The number of amides is 1. The number of fused-ring (bicyclic) bond motifs is 1. The van der Waals surface area contributed by atoms with E-state index in [9.17, 15) is 4.79 Å². The summed E-state index contributed by atoms with van der Waals surface area (Å²) in [6, 6.07) is 7.23. The Morgan fingerprint density at radius 1 is 1.28 bits per heavy atom. The number of rotatable bonds is 2. The van der Waals surface area contributed by atoms with Crippen molar-refractivity contribution in [2.24, 2.45) is 5.73 Å². The molecule has 0 aliphatic carbocycles. The van der Waals surface area contributed by atoms with Crippen LogP contribution in [0.15, 0.2) is 24.3 Å². The number of aromatic nitrogens is 4. The van der Waals surface area contributed by atoms with Crippen molar-refractivity contribution in [2.75, 3.05) is 0 Å². The predicted molar refractivity (Wildman–Crippen MR) is 67.6 cm³/mol. The van der Waals surface area contributed by atoms with Crippen LogP contribution in [0.2, 0.25) is 5.02 Å². The highest BCUT2D eigenvalue weighted by Crippen LogP contribution is 2.26. The Morgan fingerprint density at radius 2 is 2.00 bits per heavy atom. The fourth-order valence-electron chi connectivity index (χ4n) is 1.48. The molecule has 0 saturated heterocycles. The molecule has 0 fully saturated rings. The zero-order chi connectivity index (χ0) is 12.7. The van der Waals surface area contributed by atoms with Crippen molar-refractivity contribution in [3.05, 3.63) is 35.1 Å². The van der Waals surface area contributed by atoms with Crippen LogP contribution in [-0.4, -0.2) is 25.7 Å². The Morgan fingerprint density at radius 3 is 2.67 bits per heavy atom. The first-order valence-electron chi connectivity index (χ1n) is 4.93. The third-order valence-corrected chi connectivity index (χ3v) is 3.50. The fourth-order valence-corrected chi connectivity index (χ4v) is 2.45. The lowest BCUT2D eigenvalue weighted by Gasteiger charge is -1.94. The topological polar surface area (TPSA) is 86.2 Å². The highest BCUT2D eigenvalue weighted by atomic mass is 35.5. The van der Waals surface area contributed by atoms with E-state index in [1.807, 2.05) is 12.1 Å². The Bertz CT molecular complexity index is 732. The molecule has 0 radical (unpaired) electrons. The van der Waals surface area contributed by atoms with Crippen LogP contribution in [0.4, 0.5) is 0 Å². The van der Waals surface area contributed by atoms with E-state index in [0.717, 1.165) is 10.6 Å². The van der Waals surface area contributed by atoms with Crippen LogP contribution < -0.4 is 5.73 Å². The molecule has 90 valence electrons. The Labute approximate surface area is 110 Å². The molecule has 0 atom stereocenters. The number of carbonyl (C=O) groups is 1. The summed E-state index contributed by atoms with van der Waals surface area (Å²) < 4.78 is 1.34. The van der Waals surface area contributed by atoms with E-state index < -0.39 is 5.91 Å². The maximum absolute atomic E-state index is 11.1. The number of hydrogen-bond acceptors (Lipinski definition) is 5. The van der Waals surface area contributed by atoms with E-state index in [0.29, 0.717) is 9.98 Å². The molecule has 2 aromatic heterocycles. The molecule has 1 amide bonds. The van der Waals surface area contributed by atoms with Gasteiger partial charge in [0.25, 0.3) is 5.91 Å². The largest absolute Gasteiger partial charge is 0.363 e. The van der Waals surface area contributed by atoms with Crippen LogP contribution in [0.5, 0.6) is 0 Å². The quantitative estimate of drug-likeness (QED) is 0.772. The van der Waals surface area contributed by atoms with E-state index in [4.69, 9.17) is 17.3 Å². The summed E-state index contributed by atoms with van der Waals surface area (Å²) in [4.78, 5) is 11.6. The van der Waals surface area contributed by atoms with Crippen LogP contribution in [0.25, 0.3) is 15.5 Å². The van der Waals surface area contributed by atoms with Crippen molar-refractivity contribution in [2.45, 2.75) is 0 Å². The summed E-state index contributed by atoms with van der Waals surface area (Å²) in [6.07, 6.45) is 0. The number of benzene rings is 1. The molecule has 6 nitrogen and oxygen atoms in total. The van der Waals surface area contributed by atoms with Gasteiger partial charge in [0.2, 0.25) is 10.8 Å². The van der Waals surface area contributed by atoms with Crippen LogP contribution in [-0.2, 0) is 0 Å². The summed E-state index contributed by atoms with van der Waals surface area (Å²) in [5, 5.41) is 13.1. The SMILES string of the molecule is NC(=O)c1nnc2sc(-c3ccc(Cl)cc3)nn12. The Kier molecular flexibility index (Phi) is 2.49. The van der Waals surface area contributed by atoms with Gasteiger partial charge in [0, 0.05) is 10.6 Å². The number of carbonyl (C=O) groups excluding carboxylic acids is 1. The molecule has 1 aromatic carbocycles. The molecule has 2 heterocycles. The second kappa shape index (κ2) is 4.04. The van der Waals surface area contributed by atoms with Crippen molar-refractivity contribution >= 4 is 33.8 Å². The van der Waals surface area contributed by atoms with Gasteiger partial charge < -0.3 is 5.73 Å². The van der Waals surface area contributed by atoms with E-state index >= 15 is 0 Å². The number of halogens is 1. The molecule has 3 rings (SSSR count). The number of primary amides is 1. The zero-order valence-corrected chi connectivity index (χ0v) is 10.4. The standard InChI is InChI=1S/C10H6ClN5OS/c11-6-3-1-5(2-4-6)9-15-16-8(7(12)17)13-14-10(16)18-9/h1-4H,(H2,12,17). The summed E-state index contributed by atoms with van der Waals surface area (Å²) in [7, 11) is 0. The monoisotopic (exact) mass is 279 g/mol. The molecule has 0 bridgehead atoms. The lowest BCUT2D eigenvalue weighted by atomic mass is 10.2.